The minimum absolute atomic E-state index is 0. The van der Waals surface area contributed by atoms with Crippen LogP contribution in [0.25, 0.3) is 11.1 Å². The van der Waals surface area contributed by atoms with Crippen molar-refractivity contribution in [1.82, 2.24) is 0 Å². The second-order valence-electron chi connectivity index (χ2n) is 3.87. The number of aryl methyl sites for hydroxylation is 1. The van der Waals surface area contributed by atoms with E-state index in [1.54, 1.807) is 6.92 Å². The van der Waals surface area contributed by atoms with E-state index in [0.717, 1.165) is 16.7 Å². The Morgan fingerprint density at radius 3 is 2.26 bits per heavy atom. The summed E-state index contributed by atoms with van der Waals surface area (Å²) in [5.41, 5.74) is 4.17. The van der Waals surface area contributed by atoms with Crippen LogP contribution in [0.4, 0.5) is 0 Å². The molecule has 0 bridgehead atoms. The fraction of sp³-hybridized carbons (Fsp3) is 0.133. The first-order valence-electron chi connectivity index (χ1n) is 5.46. The van der Waals surface area contributed by atoms with Crippen LogP contribution in [0.1, 0.15) is 22.8 Å². The van der Waals surface area contributed by atoms with Gasteiger partial charge in [0, 0.05) is 5.56 Å². The quantitative estimate of drug-likeness (QED) is 0.383. The number of hydrogen-bond donors (Lipinski definition) is 2. The van der Waals surface area contributed by atoms with Crippen LogP contribution in [0.3, 0.4) is 0 Å². The van der Waals surface area contributed by atoms with Gasteiger partial charge in [-0.05, 0) is 55.6 Å². The second-order valence-corrected chi connectivity index (χ2v) is 3.87. The van der Waals surface area contributed by atoms with E-state index in [1.807, 2.05) is 42.5 Å². The normalized spacial score (nSPS) is 8.84. The zero-order valence-electron chi connectivity index (χ0n) is 10.3. The topological polar surface area (TPSA) is 37.3 Å². The zero-order valence-corrected chi connectivity index (χ0v) is 11.2. The first-order chi connectivity index (χ1) is 8.68. The van der Waals surface area contributed by atoms with Gasteiger partial charge in [-0.2, -0.15) is 0 Å². The summed E-state index contributed by atoms with van der Waals surface area (Å²) in [6, 6.07) is 16.6. The molecule has 95 valence electrons. The van der Waals surface area contributed by atoms with E-state index in [1.165, 1.54) is 5.56 Å². The van der Waals surface area contributed by atoms with E-state index in [-0.39, 0.29) is 35.3 Å². The molecule has 0 unspecified atom stereocenters. The number of benzene rings is 2. The number of Topliss-reactive ketones (excluding diaryl/α,β-unsaturated/α-hetero) is 1. The summed E-state index contributed by atoms with van der Waals surface area (Å²) < 4.78 is 6.69. The first-order valence-corrected chi connectivity index (χ1v) is 5.86. The molecule has 0 aliphatic rings. The summed E-state index contributed by atoms with van der Waals surface area (Å²) in [4.78, 5) is 11.3. The number of thiol groups is 1. The summed E-state index contributed by atoms with van der Waals surface area (Å²) in [7, 11) is 0. The van der Waals surface area contributed by atoms with Crippen molar-refractivity contribution in [2.45, 2.75) is 13.8 Å². The summed E-state index contributed by atoms with van der Waals surface area (Å²) in [6.07, 6.45) is 0. The molecule has 0 aromatic heterocycles. The molecule has 2 aromatic rings. The number of rotatable bonds is 2. The van der Waals surface area contributed by atoms with Gasteiger partial charge in [0.2, 0.25) is 0 Å². The Morgan fingerprint density at radius 2 is 1.74 bits per heavy atom. The molecule has 0 amide bonds. The number of carbonyl (C=O) groups is 1. The van der Waals surface area contributed by atoms with Gasteiger partial charge in [0.15, 0.2) is 5.78 Å². The average Bonchev–Trinajstić information content (AvgIpc) is 2.42. The standard InChI is InChI=1S/C15H13O.Na.H2OS.H/c1-11-8-9-14(12(2)16)10-15(11)13-6-4-3-5-7-13;;1-2;/h4-10H,1-2H3;;1-2H;. The van der Waals surface area contributed by atoms with Gasteiger partial charge in [-0.15, -0.1) is 0 Å². The monoisotopic (exact) mass is 283 g/mol. The van der Waals surface area contributed by atoms with Gasteiger partial charge < -0.3 is 4.55 Å². The molecule has 2 aromatic carbocycles. The molecular weight excluding hydrogens is 267 g/mol. The van der Waals surface area contributed by atoms with Crippen molar-refractivity contribution >= 4 is 48.3 Å². The van der Waals surface area contributed by atoms with Crippen LogP contribution in [0, 0.1) is 13.0 Å². The van der Waals surface area contributed by atoms with E-state index in [9.17, 15) is 4.79 Å². The zero-order chi connectivity index (χ0) is 13.5. The fourth-order valence-corrected chi connectivity index (χ4v) is 1.72. The summed E-state index contributed by atoms with van der Waals surface area (Å²) in [5.74, 6) is 0.101. The second kappa shape index (κ2) is 9.34. The van der Waals surface area contributed by atoms with Crippen LogP contribution in [0.5, 0.6) is 0 Å². The molecule has 2 rings (SSSR count). The van der Waals surface area contributed by atoms with Gasteiger partial charge in [-0.3, -0.25) is 4.79 Å². The Labute approximate surface area is 141 Å². The molecule has 2 nitrogen and oxygen atoms in total. The first kappa shape index (κ1) is 18.4. The SMILES string of the molecule is CC(=O)c1ccc(C)c(-c2cc[c]cc2)c1.OS.[NaH]. The summed E-state index contributed by atoms with van der Waals surface area (Å²) in [5, 5.41) is 0. The Bertz CT molecular complexity index is 527. The molecule has 0 saturated heterocycles. The van der Waals surface area contributed by atoms with Crippen molar-refractivity contribution in [2.75, 3.05) is 0 Å². The van der Waals surface area contributed by atoms with E-state index in [4.69, 9.17) is 4.55 Å². The molecule has 1 N–H and O–H groups in total. The van der Waals surface area contributed by atoms with Crippen molar-refractivity contribution in [1.29, 1.82) is 0 Å². The maximum absolute atomic E-state index is 11.3. The van der Waals surface area contributed by atoms with Crippen molar-refractivity contribution in [2.24, 2.45) is 0 Å². The van der Waals surface area contributed by atoms with Gasteiger partial charge >= 0.3 is 29.6 Å². The van der Waals surface area contributed by atoms with Crippen molar-refractivity contribution < 1.29 is 9.35 Å². The van der Waals surface area contributed by atoms with Gasteiger partial charge in [-0.1, -0.05) is 36.4 Å². The predicted molar refractivity (Wildman–Crippen MR) is 84.2 cm³/mol. The average molecular weight is 283 g/mol. The van der Waals surface area contributed by atoms with Crippen molar-refractivity contribution in [3.05, 3.63) is 59.7 Å². The Balaban J connectivity index is 0.00000103. The van der Waals surface area contributed by atoms with Crippen LogP contribution in [-0.2, 0) is 0 Å². The molecule has 0 saturated carbocycles. The van der Waals surface area contributed by atoms with Crippen LogP contribution in [0.15, 0.2) is 42.5 Å². The Morgan fingerprint density at radius 1 is 1.16 bits per heavy atom. The summed E-state index contributed by atoms with van der Waals surface area (Å²) >= 11 is 2.53. The predicted octanol–water partition coefficient (Wildman–Crippen LogP) is 3.41. The van der Waals surface area contributed by atoms with Crippen molar-refractivity contribution in [3.8, 4) is 11.1 Å². The van der Waals surface area contributed by atoms with Gasteiger partial charge in [0.25, 0.3) is 0 Å². The third kappa shape index (κ3) is 5.13. The Hall–Kier alpha value is -0.580. The Kier molecular flexibility index (Phi) is 9.06. The molecule has 0 heterocycles. The van der Waals surface area contributed by atoms with E-state index >= 15 is 0 Å². The van der Waals surface area contributed by atoms with Crippen LogP contribution in [-0.4, -0.2) is 39.9 Å². The maximum atomic E-state index is 11.3. The van der Waals surface area contributed by atoms with Crippen LogP contribution in [0.2, 0.25) is 0 Å². The number of carbonyl (C=O) groups excluding carboxylic acids is 1. The van der Waals surface area contributed by atoms with E-state index in [0.29, 0.717) is 0 Å². The van der Waals surface area contributed by atoms with Crippen molar-refractivity contribution in [3.63, 3.8) is 0 Å². The van der Waals surface area contributed by atoms with Gasteiger partial charge in [0.1, 0.15) is 0 Å². The molecule has 0 spiro atoms. The van der Waals surface area contributed by atoms with E-state index < -0.39 is 0 Å². The van der Waals surface area contributed by atoms with Gasteiger partial charge in [-0.25, -0.2) is 0 Å². The molecule has 1 radical (unpaired) electrons. The molecule has 4 heteroatoms. The van der Waals surface area contributed by atoms with E-state index in [2.05, 4.69) is 25.9 Å². The molecular formula is C15H16NaO2S. The number of ketones is 1. The molecule has 0 aliphatic carbocycles. The third-order valence-corrected chi connectivity index (χ3v) is 2.67. The van der Waals surface area contributed by atoms with Crippen LogP contribution < -0.4 is 0 Å². The molecule has 0 aliphatic heterocycles. The molecule has 0 fully saturated rings. The van der Waals surface area contributed by atoms with Crippen LogP contribution >= 0.6 is 12.9 Å². The summed E-state index contributed by atoms with van der Waals surface area (Å²) in [6.45, 7) is 3.64. The fourth-order valence-electron chi connectivity index (χ4n) is 1.72. The van der Waals surface area contributed by atoms with Gasteiger partial charge in [0.05, 0.1) is 0 Å². The minimum atomic E-state index is 0. The molecule has 0 atom stereocenters. The number of hydrogen-bond acceptors (Lipinski definition) is 3. The third-order valence-electron chi connectivity index (χ3n) is 2.67. The molecule has 19 heavy (non-hydrogen) atoms.